The molecule has 0 amide bonds. The zero-order valence-electron chi connectivity index (χ0n) is 12.7. The van der Waals surface area contributed by atoms with Gasteiger partial charge < -0.3 is 5.11 Å². The largest absolute Gasteiger partial charge is 0.393 e. The molecule has 0 aliphatic rings. The number of carbonyl (C=O) groups is 1. The summed E-state index contributed by atoms with van der Waals surface area (Å²) in [5, 5.41) is 9.85. The number of carbonyl (C=O) groups excluding carboxylic acids is 1. The highest BCUT2D eigenvalue weighted by Gasteiger charge is 2.10. The van der Waals surface area contributed by atoms with Crippen molar-refractivity contribution >= 4 is 5.78 Å². The zero-order chi connectivity index (χ0) is 14.6. The van der Waals surface area contributed by atoms with Gasteiger partial charge in [-0.2, -0.15) is 0 Å². The Bertz CT molecular complexity index is 359. The van der Waals surface area contributed by atoms with Crippen LogP contribution in [0.15, 0.2) is 30.3 Å². The van der Waals surface area contributed by atoms with Crippen LogP contribution in [0.1, 0.15) is 63.9 Å². The van der Waals surface area contributed by atoms with Crippen molar-refractivity contribution in [1.29, 1.82) is 0 Å². The molecule has 0 fully saturated rings. The number of aliphatic hydroxyl groups is 1. The molecular formula is C18H28O2. The lowest BCUT2D eigenvalue weighted by atomic mass is 10.0. The van der Waals surface area contributed by atoms with Gasteiger partial charge in [-0.3, -0.25) is 4.79 Å². The summed E-state index contributed by atoms with van der Waals surface area (Å²) in [6.07, 6.45) is 7.91. The molecule has 1 atom stereocenters. The van der Waals surface area contributed by atoms with Gasteiger partial charge in [0.1, 0.15) is 5.78 Å². The van der Waals surface area contributed by atoms with Crippen LogP contribution in [0.5, 0.6) is 0 Å². The van der Waals surface area contributed by atoms with Crippen LogP contribution in [0.3, 0.4) is 0 Å². The summed E-state index contributed by atoms with van der Waals surface area (Å²) in [6.45, 7) is 2.19. The van der Waals surface area contributed by atoms with Crippen LogP contribution in [0.4, 0.5) is 0 Å². The predicted molar refractivity (Wildman–Crippen MR) is 83.8 cm³/mol. The Morgan fingerprint density at radius 3 is 2.50 bits per heavy atom. The van der Waals surface area contributed by atoms with Crippen molar-refractivity contribution in [3.8, 4) is 0 Å². The number of unbranched alkanes of at least 4 members (excludes halogenated alkanes) is 4. The van der Waals surface area contributed by atoms with Gasteiger partial charge >= 0.3 is 0 Å². The summed E-state index contributed by atoms with van der Waals surface area (Å²) >= 11 is 0. The lowest BCUT2D eigenvalue weighted by Crippen LogP contribution is -2.13. The topological polar surface area (TPSA) is 37.3 Å². The molecule has 0 spiro atoms. The monoisotopic (exact) mass is 276 g/mol. The minimum absolute atomic E-state index is 0.176. The maximum atomic E-state index is 11.8. The molecule has 20 heavy (non-hydrogen) atoms. The third kappa shape index (κ3) is 8.11. The van der Waals surface area contributed by atoms with Gasteiger partial charge in [-0.1, -0.05) is 69.4 Å². The highest BCUT2D eigenvalue weighted by molar-refractivity contribution is 5.79. The van der Waals surface area contributed by atoms with Crippen LogP contribution in [-0.4, -0.2) is 17.0 Å². The molecule has 0 saturated heterocycles. The van der Waals surface area contributed by atoms with Gasteiger partial charge in [-0.05, 0) is 18.4 Å². The highest BCUT2D eigenvalue weighted by Crippen LogP contribution is 2.11. The molecule has 1 unspecified atom stereocenters. The lowest BCUT2D eigenvalue weighted by Gasteiger charge is -2.09. The molecule has 112 valence electrons. The van der Waals surface area contributed by atoms with Crippen molar-refractivity contribution in [2.75, 3.05) is 0 Å². The summed E-state index contributed by atoms with van der Waals surface area (Å²) in [5.41, 5.74) is 1.19. The van der Waals surface area contributed by atoms with E-state index in [1.165, 1.54) is 31.2 Å². The number of rotatable bonds is 11. The number of ketones is 1. The summed E-state index contributed by atoms with van der Waals surface area (Å²) < 4.78 is 0. The third-order valence-electron chi connectivity index (χ3n) is 3.64. The van der Waals surface area contributed by atoms with E-state index in [2.05, 4.69) is 6.92 Å². The molecule has 0 radical (unpaired) electrons. The molecular weight excluding hydrogens is 248 g/mol. The van der Waals surface area contributed by atoms with E-state index < -0.39 is 6.10 Å². The first-order chi connectivity index (χ1) is 9.72. The van der Waals surface area contributed by atoms with Gasteiger partial charge in [0.25, 0.3) is 0 Å². The van der Waals surface area contributed by atoms with Crippen molar-refractivity contribution < 1.29 is 9.90 Å². The molecule has 1 rings (SSSR count). The quantitative estimate of drug-likeness (QED) is 0.612. The first kappa shape index (κ1) is 16.9. The second-order valence-electron chi connectivity index (χ2n) is 5.59. The fraction of sp³-hybridized carbons (Fsp3) is 0.611. The van der Waals surface area contributed by atoms with Gasteiger partial charge in [0.05, 0.1) is 6.10 Å². The maximum Gasteiger partial charge on any atom is 0.135 e. The number of aliphatic hydroxyl groups excluding tert-OH is 1. The Kier molecular flexibility index (Phi) is 8.97. The summed E-state index contributed by atoms with van der Waals surface area (Å²) in [4.78, 5) is 11.8. The number of aryl methyl sites for hydroxylation is 1. The number of Topliss-reactive ketones (excluding diaryl/α,β-unsaturated/α-hetero) is 1. The molecule has 1 aromatic rings. The van der Waals surface area contributed by atoms with E-state index in [4.69, 9.17) is 0 Å². The van der Waals surface area contributed by atoms with Crippen molar-refractivity contribution in [2.45, 2.75) is 70.8 Å². The van der Waals surface area contributed by atoms with Crippen LogP contribution in [0.25, 0.3) is 0 Å². The van der Waals surface area contributed by atoms with Crippen LogP contribution in [0.2, 0.25) is 0 Å². The maximum absolute atomic E-state index is 11.8. The minimum atomic E-state index is -0.445. The van der Waals surface area contributed by atoms with Crippen molar-refractivity contribution in [3.05, 3.63) is 35.9 Å². The molecule has 2 heteroatoms. The molecule has 0 heterocycles. The van der Waals surface area contributed by atoms with E-state index in [-0.39, 0.29) is 5.78 Å². The normalized spacial score (nSPS) is 12.3. The molecule has 0 saturated carbocycles. The second kappa shape index (κ2) is 10.6. The highest BCUT2D eigenvalue weighted by atomic mass is 16.3. The van der Waals surface area contributed by atoms with Gasteiger partial charge in [-0.15, -0.1) is 0 Å². The van der Waals surface area contributed by atoms with Gasteiger partial charge in [-0.25, -0.2) is 0 Å². The fourth-order valence-electron chi connectivity index (χ4n) is 2.38. The predicted octanol–water partition coefficient (Wildman–Crippen LogP) is 4.30. The van der Waals surface area contributed by atoms with E-state index in [1.807, 2.05) is 30.3 Å². The molecule has 0 aromatic heterocycles. The van der Waals surface area contributed by atoms with Crippen LogP contribution in [-0.2, 0) is 11.2 Å². The number of hydrogen-bond donors (Lipinski definition) is 1. The summed E-state index contributed by atoms with van der Waals surface area (Å²) in [6, 6.07) is 10.0. The molecule has 1 aromatic carbocycles. The van der Waals surface area contributed by atoms with Crippen LogP contribution < -0.4 is 0 Å². The Hall–Kier alpha value is -1.15. The van der Waals surface area contributed by atoms with Gasteiger partial charge in [0, 0.05) is 12.8 Å². The average Bonchev–Trinajstić information content (AvgIpc) is 2.46. The Morgan fingerprint density at radius 2 is 1.80 bits per heavy atom. The van der Waals surface area contributed by atoms with E-state index in [9.17, 15) is 9.90 Å². The molecule has 0 aliphatic carbocycles. The summed E-state index contributed by atoms with van der Waals surface area (Å²) in [7, 11) is 0. The van der Waals surface area contributed by atoms with Gasteiger partial charge in [0.15, 0.2) is 0 Å². The van der Waals surface area contributed by atoms with Crippen molar-refractivity contribution in [2.24, 2.45) is 0 Å². The Labute approximate surface area is 123 Å². The molecule has 0 aliphatic heterocycles. The third-order valence-corrected chi connectivity index (χ3v) is 3.64. The van der Waals surface area contributed by atoms with Crippen molar-refractivity contribution in [3.63, 3.8) is 0 Å². The first-order valence-electron chi connectivity index (χ1n) is 7.96. The second-order valence-corrected chi connectivity index (χ2v) is 5.59. The first-order valence-corrected chi connectivity index (χ1v) is 7.96. The Balaban J connectivity index is 2.09. The molecule has 0 bridgehead atoms. The number of hydrogen-bond acceptors (Lipinski definition) is 2. The molecule has 2 nitrogen and oxygen atoms in total. The van der Waals surface area contributed by atoms with E-state index in [0.717, 1.165) is 19.3 Å². The Morgan fingerprint density at radius 1 is 1.10 bits per heavy atom. The smallest absolute Gasteiger partial charge is 0.135 e. The zero-order valence-corrected chi connectivity index (χ0v) is 12.7. The number of benzene rings is 1. The van der Waals surface area contributed by atoms with E-state index >= 15 is 0 Å². The van der Waals surface area contributed by atoms with E-state index in [0.29, 0.717) is 12.8 Å². The minimum Gasteiger partial charge on any atom is -0.393 e. The van der Waals surface area contributed by atoms with Crippen LogP contribution >= 0.6 is 0 Å². The fourth-order valence-corrected chi connectivity index (χ4v) is 2.38. The van der Waals surface area contributed by atoms with Gasteiger partial charge in [0.2, 0.25) is 0 Å². The average molecular weight is 276 g/mol. The summed E-state index contributed by atoms with van der Waals surface area (Å²) in [5.74, 6) is 0.176. The SMILES string of the molecule is CCCCCCCC(O)CC(=O)CCc1ccccc1. The standard InChI is InChI=1S/C18H28O2/c1-2-3-4-5-9-12-17(19)15-18(20)14-13-16-10-7-6-8-11-16/h6-8,10-11,17,19H,2-5,9,12-15H2,1H3. The molecule has 1 N–H and O–H groups in total. The van der Waals surface area contributed by atoms with Crippen LogP contribution in [0, 0.1) is 0 Å². The lowest BCUT2D eigenvalue weighted by molar-refractivity contribution is -0.121. The van der Waals surface area contributed by atoms with E-state index in [1.54, 1.807) is 0 Å². The van der Waals surface area contributed by atoms with Crippen molar-refractivity contribution in [1.82, 2.24) is 0 Å².